The molecule has 0 aliphatic carbocycles. The van der Waals surface area contributed by atoms with Gasteiger partial charge in [-0.25, -0.2) is 4.39 Å². The highest BCUT2D eigenvalue weighted by Crippen LogP contribution is 2.24. The number of nitrogens with one attached hydrogen (secondary N) is 1. The van der Waals surface area contributed by atoms with Gasteiger partial charge in [-0.1, -0.05) is 0 Å². The number of halogens is 2. The summed E-state index contributed by atoms with van der Waals surface area (Å²) in [6.07, 6.45) is 0.185. The Morgan fingerprint density at radius 1 is 1.53 bits per heavy atom. The standard InChI is InChI=1S/C12H16BrFN2O/c1-7-4-8(13)9(14)5-10(7)16-11(17)6-12(2,3)15/h4-5H,6,15H2,1-3H3,(H,16,17). The van der Waals surface area contributed by atoms with Crippen LogP contribution in [0.5, 0.6) is 0 Å². The Morgan fingerprint density at radius 3 is 2.65 bits per heavy atom. The van der Waals surface area contributed by atoms with Crippen molar-refractivity contribution >= 4 is 27.5 Å². The molecule has 0 radical (unpaired) electrons. The molecule has 0 aromatic heterocycles. The maximum absolute atomic E-state index is 13.3. The van der Waals surface area contributed by atoms with Gasteiger partial charge in [0, 0.05) is 17.6 Å². The Labute approximate surface area is 109 Å². The van der Waals surface area contributed by atoms with E-state index in [4.69, 9.17) is 5.73 Å². The molecule has 3 nitrogen and oxygen atoms in total. The average molecular weight is 303 g/mol. The molecule has 17 heavy (non-hydrogen) atoms. The van der Waals surface area contributed by atoms with Gasteiger partial charge in [0.2, 0.25) is 5.91 Å². The predicted molar refractivity (Wildman–Crippen MR) is 70.4 cm³/mol. The number of carbonyl (C=O) groups is 1. The van der Waals surface area contributed by atoms with Gasteiger partial charge in [0.15, 0.2) is 0 Å². The summed E-state index contributed by atoms with van der Waals surface area (Å²) in [7, 11) is 0. The van der Waals surface area contributed by atoms with Crippen LogP contribution in [0, 0.1) is 12.7 Å². The zero-order chi connectivity index (χ0) is 13.2. The normalized spacial score (nSPS) is 11.4. The molecule has 94 valence electrons. The molecule has 0 aliphatic rings. The van der Waals surface area contributed by atoms with Crippen LogP contribution in [0.25, 0.3) is 0 Å². The summed E-state index contributed by atoms with van der Waals surface area (Å²) in [5.41, 5.74) is 6.43. The Kier molecular flexibility index (Phi) is 4.27. The molecule has 0 saturated carbocycles. The average Bonchev–Trinajstić information content (AvgIpc) is 2.11. The SMILES string of the molecule is Cc1cc(Br)c(F)cc1NC(=O)CC(C)(C)N. The molecule has 1 amide bonds. The number of amides is 1. The fraction of sp³-hybridized carbons (Fsp3) is 0.417. The van der Waals surface area contributed by atoms with Crippen LogP contribution in [0.1, 0.15) is 25.8 Å². The lowest BCUT2D eigenvalue weighted by Gasteiger charge is -2.18. The number of carbonyl (C=O) groups excluding carboxylic acids is 1. The summed E-state index contributed by atoms with van der Waals surface area (Å²) in [6.45, 7) is 5.33. The predicted octanol–water partition coefficient (Wildman–Crippen LogP) is 2.96. The molecular weight excluding hydrogens is 287 g/mol. The molecule has 1 aromatic rings. The van der Waals surface area contributed by atoms with E-state index < -0.39 is 11.4 Å². The summed E-state index contributed by atoms with van der Waals surface area (Å²) >= 11 is 3.09. The van der Waals surface area contributed by atoms with Gasteiger partial charge in [-0.05, 0) is 54.4 Å². The van der Waals surface area contributed by atoms with E-state index in [1.165, 1.54) is 6.07 Å². The van der Waals surface area contributed by atoms with Crippen molar-refractivity contribution in [2.24, 2.45) is 5.73 Å². The molecule has 0 unspecified atom stereocenters. The van der Waals surface area contributed by atoms with Crippen LogP contribution < -0.4 is 11.1 Å². The van der Waals surface area contributed by atoms with E-state index in [1.54, 1.807) is 26.8 Å². The van der Waals surface area contributed by atoms with Gasteiger partial charge in [-0.2, -0.15) is 0 Å². The molecule has 0 aliphatic heterocycles. The number of hydrogen-bond donors (Lipinski definition) is 2. The van der Waals surface area contributed by atoms with Crippen LogP contribution >= 0.6 is 15.9 Å². The van der Waals surface area contributed by atoms with Crippen molar-refractivity contribution in [3.63, 3.8) is 0 Å². The van der Waals surface area contributed by atoms with Crippen LogP contribution in [0.4, 0.5) is 10.1 Å². The third-order valence-corrected chi connectivity index (χ3v) is 2.77. The van der Waals surface area contributed by atoms with Crippen LogP contribution in [-0.4, -0.2) is 11.4 Å². The third-order valence-electron chi connectivity index (χ3n) is 2.16. The Bertz CT molecular complexity index is 441. The first-order valence-corrected chi connectivity index (χ1v) is 6.03. The van der Waals surface area contributed by atoms with Crippen LogP contribution in [0.3, 0.4) is 0 Å². The van der Waals surface area contributed by atoms with Crippen LogP contribution in [0.2, 0.25) is 0 Å². The van der Waals surface area contributed by atoms with Gasteiger partial charge >= 0.3 is 0 Å². The second kappa shape index (κ2) is 5.14. The van der Waals surface area contributed by atoms with E-state index >= 15 is 0 Å². The summed E-state index contributed by atoms with van der Waals surface area (Å²) in [6, 6.07) is 2.92. The summed E-state index contributed by atoms with van der Waals surface area (Å²) < 4.78 is 13.7. The van der Waals surface area contributed by atoms with Gasteiger partial charge in [0.25, 0.3) is 0 Å². The first kappa shape index (κ1) is 14.1. The minimum absolute atomic E-state index is 0.185. The van der Waals surface area contributed by atoms with E-state index in [1.807, 2.05) is 0 Å². The van der Waals surface area contributed by atoms with Gasteiger partial charge < -0.3 is 11.1 Å². The number of rotatable bonds is 3. The fourth-order valence-corrected chi connectivity index (χ4v) is 1.85. The molecule has 0 fully saturated rings. The summed E-state index contributed by atoms with van der Waals surface area (Å²) in [5, 5.41) is 2.66. The van der Waals surface area contributed by atoms with Crippen LogP contribution in [0.15, 0.2) is 16.6 Å². The van der Waals surface area contributed by atoms with Crippen molar-refractivity contribution in [1.29, 1.82) is 0 Å². The molecule has 0 heterocycles. The molecule has 5 heteroatoms. The van der Waals surface area contributed by atoms with Gasteiger partial charge in [-0.3, -0.25) is 4.79 Å². The number of anilines is 1. The number of hydrogen-bond acceptors (Lipinski definition) is 2. The van der Waals surface area contributed by atoms with Crippen LogP contribution in [-0.2, 0) is 4.79 Å². The van der Waals surface area contributed by atoms with Crippen molar-refractivity contribution < 1.29 is 9.18 Å². The molecule has 0 bridgehead atoms. The summed E-state index contributed by atoms with van der Waals surface area (Å²) in [5.74, 6) is -0.625. The highest BCUT2D eigenvalue weighted by atomic mass is 79.9. The zero-order valence-electron chi connectivity index (χ0n) is 10.1. The Hall–Kier alpha value is -0.940. The van der Waals surface area contributed by atoms with Crippen molar-refractivity contribution in [1.82, 2.24) is 0 Å². The second-order valence-electron chi connectivity index (χ2n) is 4.79. The number of aryl methyl sites for hydroxylation is 1. The quantitative estimate of drug-likeness (QED) is 0.902. The first-order chi connectivity index (χ1) is 7.69. The van der Waals surface area contributed by atoms with Crippen molar-refractivity contribution in [2.45, 2.75) is 32.7 Å². The highest BCUT2D eigenvalue weighted by molar-refractivity contribution is 9.10. The van der Waals surface area contributed by atoms with E-state index in [-0.39, 0.29) is 12.3 Å². The van der Waals surface area contributed by atoms with Gasteiger partial charge in [0.1, 0.15) is 5.82 Å². The van der Waals surface area contributed by atoms with E-state index in [0.29, 0.717) is 10.2 Å². The van der Waals surface area contributed by atoms with Gasteiger partial charge in [-0.15, -0.1) is 0 Å². The molecule has 0 atom stereocenters. The maximum Gasteiger partial charge on any atom is 0.226 e. The monoisotopic (exact) mass is 302 g/mol. The molecule has 1 aromatic carbocycles. The number of nitrogens with two attached hydrogens (primary N) is 1. The minimum Gasteiger partial charge on any atom is -0.326 e. The third kappa shape index (κ3) is 4.44. The first-order valence-electron chi connectivity index (χ1n) is 5.23. The highest BCUT2D eigenvalue weighted by Gasteiger charge is 2.17. The van der Waals surface area contributed by atoms with E-state index in [9.17, 15) is 9.18 Å². The maximum atomic E-state index is 13.3. The minimum atomic E-state index is -0.577. The molecule has 0 spiro atoms. The van der Waals surface area contributed by atoms with E-state index in [2.05, 4.69) is 21.2 Å². The Balaban J connectivity index is 2.82. The number of benzene rings is 1. The summed E-state index contributed by atoms with van der Waals surface area (Å²) in [4.78, 5) is 11.7. The Morgan fingerprint density at radius 2 is 2.12 bits per heavy atom. The molecule has 0 saturated heterocycles. The lowest BCUT2D eigenvalue weighted by atomic mass is 10.0. The smallest absolute Gasteiger partial charge is 0.226 e. The van der Waals surface area contributed by atoms with Crippen molar-refractivity contribution in [3.8, 4) is 0 Å². The lowest BCUT2D eigenvalue weighted by Crippen LogP contribution is -2.36. The van der Waals surface area contributed by atoms with E-state index in [0.717, 1.165) is 5.56 Å². The fourth-order valence-electron chi connectivity index (χ4n) is 1.39. The largest absolute Gasteiger partial charge is 0.326 e. The topological polar surface area (TPSA) is 55.1 Å². The van der Waals surface area contributed by atoms with Gasteiger partial charge in [0.05, 0.1) is 4.47 Å². The zero-order valence-corrected chi connectivity index (χ0v) is 11.7. The molecular formula is C12H16BrFN2O. The van der Waals surface area contributed by atoms with Crippen molar-refractivity contribution in [3.05, 3.63) is 28.0 Å². The van der Waals surface area contributed by atoms with Crippen molar-refractivity contribution in [2.75, 3.05) is 5.32 Å². The molecule has 3 N–H and O–H groups in total. The lowest BCUT2D eigenvalue weighted by molar-refractivity contribution is -0.117. The molecule has 1 rings (SSSR count). The second-order valence-corrected chi connectivity index (χ2v) is 5.65.